The molecule has 0 aromatic carbocycles. The molecule has 2 aromatic heterocycles. The van der Waals surface area contributed by atoms with E-state index in [2.05, 4.69) is 54.8 Å². The number of likely N-dealkylation sites (N-methyl/N-ethyl adjacent to an activating group) is 1. The van der Waals surface area contributed by atoms with Crippen LogP contribution in [0.1, 0.15) is 125 Å². The summed E-state index contributed by atoms with van der Waals surface area (Å²) in [5.41, 5.74) is 1.25. The third kappa shape index (κ3) is 11.1. The Morgan fingerprint density at radius 2 is 1.74 bits per heavy atom. The summed E-state index contributed by atoms with van der Waals surface area (Å²) >= 11 is 2.88. The first-order valence-electron chi connectivity index (χ1n) is 18.5. The van der Waals surface area contributed by atoms with Gasteiger partial charge < -0.3 is 15.0 Å². The van der Waals surface area contributed by atoms with E-state index in [4.69, 9.17) is 4.74 Å². The molecule has 278 valence electrons. The number of aryl methyl sites for hydroxylation is 1. The predicted molar refractivity (Wildman–Crippen MR) is 199 cm³/mol. The number of thiazole rings is 2. The van der Waals surface area contributed by atoms with Gasteiger partial charge in [0.2, 0.25) is 5.91 Å². The van der Waals surface area contributed by atoms with Crippen LogP contribution in [0.2, 0.25) is 0 Å². The predicted octanol–water partition coefficient (Wildman–Crippen LogP) is 6.88. The molecule has 0 radical (unpaired) electrons. The van der Waals surface area contributed by atoms with E-state index in [-0.39, 0.29) is 59.7 Å². The van der Waals surface area contributed by atoms with Crippen LogP contribution < -0.4 is 5.32 Å². The Morgan fingerprint density at radius 3 is 2.32 bits per heavy atom. The van der Waals surface area contributed by atoms with Crippen LogP contribution in [0.25, 0.3) is 0 Å². The maximum absolute atomic E-state index is 14.4. The zero-order valence-corrected chi connectivity index (χ0v) is 33.2. The fraction of sp³-hybridized carbons (Fsp3) is 0.737. The number of piperidine rings is 1. The van der Waals surface area contributed by atoms with E-state index in [0.29, 0.717) is 29.7 Å². The van der Waals surface area contributed by atoms with Gasteiger partial charge in [-0.05, 0) is 76.3 Å². The second-order valence-electron chi connectivity index (χ2n) is 15.5. The number of ketones is 1. The molecule has 2 aromatic rings. The number of hydrogen-bond donors (Lipinski definition) is 1. The van der Waals surface area contributed by atoms with Crippen LogP contribution in [-0.2, 0) is 25.5 Å². The van der Waals surface area contributed by atoms with E-state index in [1.54, 1.807) is 21.6 Å². The standard InChI is InChI=1S/C38H59N5O5S2/c1-22(2)16-28(17-35-39-24(5)20-49-35)40-36(46)30-21-50-37(41-30)34(48-26(7)44)19-32(23(3)4)43(9)38(47)29(25(6)27-13-14-27)18-33(45)31-12-10-11-15-42(31)8/h20-23,25,27-29,31-32,34H,10-19H2,1-9H3,(H,40,46)/t25-,28+,29-,31+,32+,34+/m0/s1. The SMILES string of the molecule is CC(=O)O[C@H](C[C@H](C(C)C)N(C)C(=O)[C@@H](CC(=O)[C@H]1CCCCN1C)[C@@H](C)C1CC1)c1nc(C(=O)N[C@@H](Cc2nc(C)cs2)CC(C)C)cs1. The second kappa shape index (κ2) is 18.2. The zero-order chi connectivity index (χ0) is 36.7. The van der Waals surface area contributed by atoms with Crippen molar-refractivity contribution in [3.05, 3.63) is 32.2 Å². The van der Waals surface area contributed by atoms with E-state index >= 15 is 0 Å². The molecule has 1 aliphatic heterocycles. The maximum Gasteiger partial charge on any atom is 0.303 e. The van der Waals surface area contributed by atoms with E-state index < -0.39 is 18.0 Å². The number of carbonyl (C=O) groups is 4. The summed E-state index contributed by atoms with van der Waals surface area (Å²) < 4.78 is 5.84. The number of likely N-dealkylation sites (tertiary alicyclic amines) is 1. The monoisotopic (exact) mass is 729 g/mol. The largest absolute Gasteiger partial charge is 0.455 e. The summed E-state index contributed by atoms with van der Waals surface area (Å²) in [6, 6.07) is -0.506. The Hall–Kier alpha value is -2.70. The number of Topliss-reactive ketones (excluding diaryl/α,β-unsaturated/α-hetero) is 1. The van der Waals surface area contributed by atoms with Crippen molar-refractivity contribution in [1.82, 2.24) is 25.1 Å². The molecule has 1 aliphatic carbocycles. The van der Waals surface area contributed by atoms with Crippen molar-refractivity contribution in [2.45, 2.75) is 130 Å². The van der Waals surface area contributed by atoms with Crippen LogP contribution in [0.3, 0.4) is 0 Å². The third-order valence-electron chi connectivity index (χ3n) is 10.5. The van der Waals surface area contributed by atoms with E-state index in [0.717, 1.165) is 55.8 Å². The molecule has 6 atom stereocenters. The Labute approximate surface area is 307 Å². The number of aromatic nitrogens is 2. The molecule has 12 heteroatoms. The minimum absolute atomic E-state index is 0.0256. The molecule has 1 saturated heterocycles. The zero-order valence-electron chi connectivity index (χ0n) is 31.6. The van der Waals surface area contributed by atoms with Gasteiger partial charge in [0.25, 0.3) is 5.91 Å². The van der Waals surface area contributed by atoms with Gasteiger partial charge in [-0.25, -0.2) is 9.97 Å². The fourth-order valence-corrected chi connectivity index (χ4v) is 9.17. The maximum atomic E-state index is 14.4. The Kier molecular flexibility index (Phi) is 14.6. The number of ether oxygens (including phenoxy) is 1. The van der Waals surface area contributed by atoms with E-state index in [9.17, 15) is 19.2 Å². The summed E-state index contributed by atoms with van der Waals surface area (Å²) in [5.74, 6) is 0.00621. The highest BCUT2D eigenvalue weighted by molar-refractivity contribution is 7.10. The highest BCUT2D eigenvalue weighted by atomic mass is 32.1. The molecule has 1 saturated carbocycles. The van der Waals surface area contributed by atoms with Gasteiger partial charge in [0.1, 0.15) is 10.7 Å². The molecule has 4 rings (SSSR count). The second-order valence-corrected chi connectivity index (χ2v) is 17.3. The van der Waals surface area contributed by atoms with Crippen LogP contribution in [-0.4, -0.2) is 82.1 Å². The summed E-state index contributed by atoms with van der Waals surface area (Å²) in [6.45, 7) is 14.7. The van der Waals surface area contributed by atoms with Crippen molar-refractivity contribution >= 4 is 46.2 Å². The highest BCUT2D eigenvalue weighted by Crippen LogP contribution is 2.43. The highest BCUT2D eigenvalue weighted by Gasteiger charge is 2.42. The van der Waals surface area contributed by atoms with Gasteiger partial charge in [0.05, 0.1) is 11.0 Å². The van der Waals surface area contributed by atoms with Crippen LogP contribution in [0, 0.1) is 36.5 Å². The van der Waals surface area contributed by atoms with Gasteiger partial charge in [-0.2, -0.15) is 0 Å². The number of nitrogens with one attached hydrogen (secondary N) is 1. The molecule has 0 bridgehead atoms. The number of amides is 2. The number of rotatable bonds is 18. The van der Waals surface area contributed by atoms with Crippen molar-refractivity contribution in [2.75, 3.05) is 20.6 Å². The number of nitrogens with zero attached hydrogens (tertiary/aromatic N) is 4. The lowest BCUT2D eigenvalue weighted by molar-refractivity contribution is -0.149. The molecular weight excluding hydrogens is 671 g/mol. The molecule has 2 amide bonds. The van der Waals surface area contributed by atoms with Crippen LogP contribution in [0.15, 0.2) is 10.8 Å². The average molecular weight is 730 g/mol. The number of carbonyl (C=O) groups excluding carboxylic acids is 4. The lowest BCUT2D eigenvalue weighted by atomic mass is 9.81. The first-order chi connectivity index (χ1) is 23.6. The summed E-state index contributed by atoms with van der Waals surface area (Å²) in [4.78, 5) is 67.1. The van der Waals surface area contributed by atoms with Gasteiger partial charge in [-0.3, -0.25) is 24.1 Å². The van der Waals surface area contributed by atoms with Crippen molar-refractivity contribution in [2.24, 2.45) is 29.6 Å². The third-order valence-corrected chi connectivity index (χ3v) is 12.4. The van der Waals surface area contributed by atoms with Crippen molar-refractivity contribution in [1.29, 1.82) is 0 Å². The van der Waals surface area contributed by atoms with Crippen molar-refractivity contribution < 1.29 is 23.9 Å². The lowest BCUT2D eigenvalue weighted by Crippen LogP contribution is -2.48. The quantitative estimate of drug-likeness (QED) is 0.165. The van der Waals surface area contributed by atoms with Gasteiger partial charge in [0.15, 0.2) is 11.9 Å². The molecule has 10 nitrogen and oxygen atoms in total. The van der Waals surface area contributed by atoms with Gasteiger partial charge >= 0.3 is 5.97 Å². The lowest BCUT2D eigenvalue weighted by Gasteiger charge is -2.38. The van der Waals surface area contributed by atoms with Gasteiger partial charge in [-0.15, -0.1) is 22.7 Å². The number of esters is 1. The normalized spacial score (nSPS) is 19.9. The minimum Gasteiger partial charge on any atom is -0.455 e. The topological polar surface area (TPSA) is 122 Å². The Bertz CT molecular complexity index is 1450. The first kappa shape index (κ1) is 40.1. The van der Waals surface area contributed by atoms with Crippen molar-refractivity contribution in [3.63, 3.8) is 0 Å². The van der Waals surface area contributed by atoms with Gasteiger partial charge in [0, 0.05) is 67.7 Å². The summed E-state index contributed by atoms with van der Waals surface area (Å²) in [7, 11) is 3.83. The number of hydrogen-bond acceptors (Lipinski definition) is 10. The molecule has 2 aliphatic rings. The minimum atomic E-state index is -0.733. The Morgan fingerprint density at radius 1 is 1.02 bits per heavy atom. The molecule has 0 spiro atoms. The molecule has 2 fully saturated rings. The fourth-order valence-electron chi connectivity index (χ4n) is 7.47. The van der Waals surface area contributed by atoms with E-state index in [1.807, 2.05) is 26.4 Å². The summed E-state index contributed by atoms with van der Waals surface area (Å²) in [5, 5.41) is 8.40. The van der Waals surface area contributed by atoms with Crippen LogP contribution in [0.5, 0.6) is 0 Å². The first-order valence-corrected chi connectivity index (χ1v) is 20.2. The van der Waals surface area contributed by atoms with Crippen LogP contribution in [0.4, 0.5) is 0 Å². The van der Waals surface area contributed by atoms with Gasteiger partial charge in [-0.1, -0.05) is 41.0 Å². The molecule has 1 N–H and O–H groups in total. The smallest absolute Gasteiger partial charge is 0.303 e. The average Bonchev–Trinajstić information content (AvgIpc) is 3.63. The molecule has 50 heavy (non-hydrogen) atoms. The van der Waals surface area contributed by atoms with E-state index in [1.165, 1.54) is 18.3 Å². The van der Waals surface area contributed by atoms with Crippen molar-refractivity contribution in [3.8, 4) is 0 Å². The van der Waals surface area contributed by atoms with Crippen LogP contribution >= 0.6 is 22.7 Å². The molecule has 3 heterocycles. The summed E-state index contributed by atoms with van der Waals surface area (Å²) in [6.07, 6.45) is 6.47. The Balaban J connectivity index is 1.50. The molecule has 0 unspecified atom stereocenters. The molecular formula is C38H59N5O5S2.